The van der Waals surface area contributed by atoms with Gasteiger partial charge < -0.3 is 19.9 Å². The second-order valence-corrected chi connectivity index (χ2v) is 5.79. The Labute approximate surface area is 150 Å². The van der Waals surface area contributed by atoms with Crippen LogP contribution in [0, 0.1) is 17.0 Å². The first-order chi connectivity index (χ1) is 11.9. The standard InChI is InChI=1S/C17H19ClN2O5/c1-10-6-11(20(22)23)7-14(18)17(10)19-9-15(21)13-8-12(24-2)4-5-16(13)25-3/h4-8,15,19,21H,9H2,1-3H3. The van der Waals surface area contributed by atoms with E-state index in [1.165, 1.54) is 26.4 Å². The van der Waals surface area contributed by atoms with Crippen LogP contribution in [0.4, 0.5) is 11.4 Å². The Kier molecular flexibility index (Phi) is 6.06. The molecule has 134 valence electrons. The van der Waals surface area contributed by atoms with Gasteiger partial charge >= 0.3 is 0 Å². The van der Waals surface area contributed by atoms with Crippen molar-refractivity contribution in [3.8, 4) is 11.5 Å². The number of halogens is 1. The van der Waals surface area contributed by atoms with E-state index < -0.39 is 11.0 Å². The van der Waals surface area contributed by atoms with Crippen molar-refractivity contribution in [3.63, 3.8) is 0 Å². The van der Waals surface area contributed by atoms with Gasteiger partial charge in [-0.05, 0) is 30.7 Å². The predicted octanol–water partition coefficient (Wildman–Crippen LogP) is 3.72. The Hall–Kier alpha value is -2.51. The molecule has 1 atom stereocenters. The highest BCUT2D eigenvalue weighted by molar-refractivity contribution is 6.33. The van der Waals surface area contributed by atoms with Crippen LogP contribution < -0.4 is 14.8 Å². The van der Waals surface area contributed by atoms with Gasteiger partial charge in [0, 0.05) is 24.2 Å². The van der Waals surface area contributed by atoms with Crippen LogP contribution in [0.15, 0.2) is 30.3 Å². The van der Waals surface area contributed by atoms with Gasteiger partial charge in [-0.15, -0.1) is 0 Å². The zero-order valence-electron chi connectivity index (χ0n) is 14.1. The monoisotopic (exact) mass is 366 g/mol. The molecule has 0 bridgehead atoms. The first-order valence-corrected chi connectivity index (χ1v) is 7.83. The summed E-state index contributed by atoms with van der Waals surface area (Å²) >= 11 is 6.12. The molecule has 2 aromatic carbocycles. The van der Waals surface area contributed by atoms with E-state index in [4.69, 9.17) is 21.1 Å². The molecule has 0 heterocycles. The van der Waals surface area contributed by atoms with Crippen LogP contribution in [0.1, 0.15) is 17.2 Å². The molecule has 0 aliphatic heterocycles. The smallest absolute Gasteiger partial charge is 0.271 e. The fraction of sp³-hybridized carbons (Fsp3) is 0.294. The van der Waals surface area contributed by atoms with E-state index in [1.54, 1.807) is 25.1 Å². The number of methoxy groups -OCH3 is 2. The van der Waals surface area contributed by atoms with Crippen LogP contribution in [0.2, 0.25) is 5.02 Å². The number of hydrogen-bond acceptors (Lipinski definition) is 6. The SMILES string of the molecule is COc1ccc(OC)c(C(O)CNc2c(C)cc([N+](=O)[O-])cc2Cl)c1. The summed E-state index contributed by atoms with van der Waals surface area (Å²) in [6, 6.07) is 7.83. The van der Waals surface area contributed by atoms with Crippen molar-refractivity contribution in [1.29, 1.82) is 0 Å². The normalized spacial score (nSPS) is 11.7. The van der Waals surface area contributed by atoms with Gasteiger partial charge in [0.1, 0.15) is 11.5 Å². The highest BCUT2D eigenvalue weighted by atomic mass is 35.5. The van der Waals surface area contributed by atoms with E-state index in [2.05, 4.69) is 5.32 Å². The number of anilines is 1. The number of aliphatic hydroxyl groups is 1. The van der Waals surface area contributed by atoms with Gasteiger partial charge in [-0.3, -0.25) is 10.1 Å². The summed E-state index contributed by atoms with van der Waals surface area (Å²) in [5.74, 6) is 1.13. The number of rotatable bonds is 7. The summed E-state index contributed by atoms with van der Waals surface area (Å²) in [5.41, 5.74) is 1.63. The molecular weight excluding hydrogens is 348 g/mol. The topological polar surface area (TPSA) is 93.9 Å². The maximum atomic E-state index is 10.9. The van der Waals surface area contributed by atoms with Crippen molar-refractivity contribution in [2.45, 2.75) is 13.0 Å². The number of ether oxygens (including phenoxy) is 2. The minimum absolute atomic E-state index is 0.0805. The number of non-ortho nitro benzene ring substituents is 1. The van der Waals surface area contributed by atoms with Gasteiger partial charge in [0.25, 0.3) is 5.69 Å². The van der Waals surface area contributed by atoms with Gasteiger partial charge in [0.2, 0.25) is 0 Å². The van der Waals surface area contributed by atoms with E-state index in [9.17, 15) is 15.2 Å². The van der Waals surface area contributed by atoms with Crippen LogP contribution in [0.25, 0.3) is 0 Å². The molecule has 8 heteroatoms. The third kappa shape index (κ3) is 4.32. The van der Waals surface area contributed by atoms with E-state index in [1.807, 2.05) is 0 Å². The highest BCUT2D eigenvalue weighted by Crippen LogP contribution is 2.33. The zero-order valence-corrected chi connectivity index (χ0v) is 14.8. The third-order valence-electron chi connectivity index (χ3n) is 3.75. The van der Waals surface area contributed by atoms with Gasteiger partial charge in [0.05, 0.1) is 36.0 Å². The third-order valence-corrected chi connectivity index (χ3v) is 4.05. The summed E-state index contributed by atoms with van der Waals surface area (Å²) in [4.78, 5) is 10.4. The minimum Gasteiger partial charge on any atom is -0.497 e. The Bertz CT molecular complexity index is 759. The molecule has 0 radical (unpaired) electrons. The van der Waals surface area contributed by atoms with Crippen molar-refractivity contribution >= 4 is 23.0 Å². The maximum Gasteiger partial charge on any atom is 0.271 e. The molecule has 2 aromatic rings. The number of nitro benzene ring substituents is 1. The summed E-state index contributed by atoms with van der Waals surface area (Å²) < 4.78 is 10.4. The average molecular weight is 367 g/mol. The second-order valence-electron chi connectivity index (χ2n) is 5.38. The maximum absolute atomic E-state index is 10.9. The molecule has 0 amide bonds. The van der Waals surface area contributed by atoms with E-state index >= 15 is 0 Å². The number of aliphatic hydroxyl groups excluding tert-OH is 1. The first-order valence-electron chi connectivity index (χ1n) is 7.45. The second kappa shape index (κ2) is 8.04. The number of nitrogens with zero attached hydrogens (tertiary/aromatic N) is 1. The molecule has 0 spiro atoms. The lowest BCUT2D eigenvalue weighted by Crippen LogP contribution is -2.14. The molecule has 2 N–H and O–H groups in total. The predicted molar refractivity (Wildman–Crippen MR) is 95.8 cm³/mol. The van der Waals surface area contributed by atoms with Crippen LogP contribution >= 0.6 is 11.6 Å². The van der Waals surface area contributed by atoms with Crippen LogP contribution in [0.5, 0.6) is 11.5 Å². The molecule has 7 nitrogen and oxygen atoms in total. The Balaban J connectivity index is 2.20. The van der Waals surface area contributed by atoms with E-state index in [0.717, 1.165) is 0 Å². The molecule has 25 heavy (non-hydrogen) atoms. The molecule has 2 rings (SSSR count). The van der Waals surface area contributed by atoms with Crippen molar-refractivity contribution in [1.82, 2.24) is 0 Å². The zero-order chi connectivity index (χ0) is 18.6. The van der Waals surface area contributed by atoms with Crippen molar-refractivity contribution in [2.24, 2.45) is 0 Å². The summed E-state index contributed by atoms with van der Waals surface area (Å²) in [6.07, 6.45) is -0.893. The quantitative estimate of drug-likeness (QED) is 0.573. The fourth-order valence-electron chi connectivity index (χ4n) is 2.46. The van der Waals surface area contributed by atoms with E-state index in [0.29, 0.717) is 28.3 Å². The molecule has 1 unspecified atom stereocenters. The fourth-order valence-corrected chi connectivity index (χ4v) is 2.79. The first kappa shape index (κ1) is 18.8. The largest absolute Gasteiger partial charge is 0.497 e. The van der Waals surface area contributed by atoms with Crippen LogP contribution in [-0.2, 0) is 0 Å². The number of nitro groups is 1. The number of aryl methyl sites for hydroxylation is 1. The summed E-state index contributed by atoms with van der Waals surface area (Å²) in [6.45, 7) is 1.85. The van der Waals surface area contributed by atoms with Crippen molar-refractivity contribution < 1.29 is 19.5 Å². The lowest BCUT2D eigenvalue weighted by Gasteiger charge is -2.18. The molecule has 0 saturated heterocycles. The Morgan fingerprint density at radius 1 is 1.28 bits per heavy atom. The lowest BCUT2D eigenvalue weighted by molar-refractivity contribution is -0.384. The number of nitrogens with one attached hydrogen (secondary N) is 1. The van der Waals surface area contributed by atoms with Crippen LogP contribution in [-0.4, -0.2) is 30.8 Å². The summed E-state index contributed by atoms with van der Waals surface area (Å²) in [5, 5.41) is 24.6. The van der Waals surface area contributed by atoms with E-state index in [-0.39, 0.29) is 17.3 Å². The summed E-state index contributed by atoms with van der Waals surface area (Å²) in [7, 11) is 3.05. The van der Waals surface area contributed by atoms with Crippen molar-refractivity contribution in [2.75, 3.05) is 26.1 Å². The average Bonchev–Trinajstić information content (AvgIpc) is 2.59. The van der Waals surface area contributed by atoms with Gasteiger partial charge in [0.15, 0.2) is 0 Å². The Morgan fingerprint density at radius 3 is 2.56 bits per heavy atom. The molecular formula is C17H19ClN2O5. The minimum atomic E-state index is -0.893. The van der Waals surface area contributed by atoms with Crippen molar-refractivity contribution in [3.05, 3.63) is 56.6 Å². The number of benzene rings is 2. The van der Waals surface area contributed by atoms with Gasteiger partial charge in [-0.2, -0.15) is 0 Å². The highest BCUT2D eigenvalue weighted by Gasteiger charge is 2.17. The molecule has 0 aliphatic carbocycles. The molecule has 0 saturated carbocycles. The Morgan fingerprint density at radius 2 is 2.00 bits per heavy atom. The van der Waals surface area contributed by atoms with Gasteiger partial charge in [-0.25, -0.2) is 0 Å². The molecule has 0 fully saturated rings. The molecule has 0 aliphatic rings. The van der Waals surface area contributed by atoms with Crippen LogP contribution in [0.3, 0.4) is 0 Å². The molecule has 0 aromatic heterocycles. The lowest BCUT2D eigenvalue weighted by atomic mass is 10.1. The number of hydrogen-bond donors (Lipinski definition) is 2. The van der Waals surface area contributed by atoms with Gasteiger partial charge in [-0.1, -0.05) is 11.6 Å².